The normalized spacial score (nSPS) is 40.9. The Morgan fingerprint density at radius 3 is 2.52 bits per heavy atom. The van der Waals surface area contributed by atoms with Crippen LogP contribution in [0.4, 0.5) is 0 Å². The Morgan fingerprint density at radius 1 is 1.11 bits per heavy atom. The van der Waals surface area contributed by atoms with E-state index in [2.05, 4.69) is 32.7 Å². The van der Waals surface area contributed by atoms with Gasteiger partial charge in [-0.25, -0.2) is 0 Å². The number of rotatable bonds is 10. The molecule has 0 saturated heterocycles. The van der Waals surface area contributed by atoms with Gasteiger partial charge in [0.1, 0.15) is 0 Å². The van der Waals surface area contributed by atoms with Gasteiger partial charge >= 0.3 is 0 Å². The molecule has 0 bridgehead atoms. The second-order valence-corrected chi connectivity index (χ2v) is 16.7. The van der Waals surface area contributed by atoms with Gasteiger partial charge in [0.05, 0.1) is 24.1 Å². The molecule has 0 aliphatic heterocycles. The predicted octanol–water partition coefficient (Wildman–Crippen LogP) is 4.31. The molecule has 4 saturated carbocycles. The summed E-state index contributed by atoms with van der Waals surface area (Å²) in [4.78, 5) is 19.0. The van der Waals surface area contributed by atoms with E-state index in [0.29, 0.717) is 12.8 Å². The molecule has 5 rings (SSSR count). The van der Waals surface area contributed by atoms with E-state index in [0.717, 1.165) is 44.1 Å². The number of hydrogen-bond donors (Lipinski definition) is 4. The summed E-state index contributed by atoms with van der Waals surface area (Å²) < 4.78 is 32.3. The molecule has 4 aliphatic carbocycles. The summed E-state index contributed by atoms with van der Waals surface area (Å²) in [5.41, 5.74) is 0.429. The first kappa shape index (κ1) is 33.8. The molecular weight excluding hydrogens is 580 g/mol. The molecule has 0 radical (unpaired) electrons. The van der Waals surface area contributed by atoms with E-state index in [9.17, 15) is 33.1 Å². The van der Waals surface area contributed by atoms with Gasteiger partial charge in [-0.1, -0.05) is 40.2 Å². The molecule has 9 nitrogen and oxygen atoms in total. The lowest BCUT2D eigenvalue weighted by Gasteiger charge is -2.65. The molecule has 1 heterocycles. The first-order valence-corrected chi connectivity index (χ1v) is 18.5. The highest BCUT2D eigenvalue weighted by molar-refractivity contribution is 7.85. The standard InChI is InChI=1S/C34H54N2O7S/c1-5-24-27-17-23(37)12-13-33(27,3)28-18-29(38)34(4)25(9-10-26(34)31(28)32(24)40)21(2)8-11-30(39)36(15-16-44(41,42)43)20-22-7-6-14-35-19-22/h6-7,14,19,21,23-29,31-32,37-38,40H,5,8-13,15-18,20H2,1-4H3,(H,41,42,43). The molecule has 12 atom stereocenters. The van der Waals surface area contributed by atoms with Gasteiger partial charge < -0.3 is 20.2 Å². The Kier molecular flexibility index (Phi) is 9.90. The van der Waals surface area contributed by atoms with Gasteiger partial charge in [0, 0.05) is 31.9 Å². The van der Waals surface area contributed by atoms with Crippen LogP contribution in [0.1, 0.15) is 91.0 Å². The number of hydrogen-bond acceptors (Lipinski definition) is 7. The average Bonchev–Trinajstić information content (AvgIpc) is 3.34. The molecule has 4 aliphatic rings. The lowest BCUT2D eigenvalue weighted by molar-refractivity contribution is -0.228. The first-order chi connectivity index (χ1) is 20.7. The van der Waals surface area contributed by atoms with Crippen LogP contribution < -0.4 is 0 Å². The number of amides is 1. The quantitative estimate of drug-likeness (QED) is 0.278. The van der Waals surface area contributed by atoms with Gasteiger partial charge in [0.2, 0.25) is 5.91 Å². The van der Waals surface area contributed by atoms with E-state index in [1.54, 1.807) is 18.5 Å². The molecule has 0 spiro atoms. The minimum absolute atomic E-state index is 0.00200. The van der Waals surface area contributed by atoms with Gasteiger partial charge in [-0.05, 0) is 109 Å². The number of carbonyl (C=O) groups excluding carboxylic acids is 1. The van der Waals surface area contributed by atoms with Crippen molar-refractivity contribution in [2.45, 2.75) is 110 Å². The van der Waals surface area contributed by atoms with Crippen LogP contribution in [0.5, 0.6) is 0 Å². The van der Waals surface area contributed by atoms with E-state index in [4.69, 9.17) is 0 Å². The second-order valence-electron chi connectivity index (χ2n) is 15.2. The van der Waals surface area contributed by atoms with Crippen LogP contribution >= 0.6 is 0 Å². The third-order valence-corrected chi connectivity index (χ3v) is 13.8. The highest BCUT2D eigenvalue weighted by Gasteiger charge is 2.67. The summed E-state index contributed by atoms with van der Waals surface area (Å²) in [6, 6.07) is 3.60. The zero-order valence-corrected chi connectivity index (χ0v) is 27.7. The number of carbonyl (C=O) groups is 1. The summed E-state index contributed by atoms with van der Waals surface area (Å²) in [7, 11) is -4.22. The second kappa shape index (κ2) is 12.9. The molecule has 248 valence electrons. The molecule has 4 N–H and O–H groups in total. The third-order valence-electron chi connectivity index (χ3n) is 13.1. The van der Waals surface area contributed by atoms with Crippen molar-refractivity contribution in [3.8, 4) is 0 Å². The largest absolute Gasteiger partial charge is 0.393 e. The Bertz CT molecular complexity index is 1260. The lowest BCUT2D eigenvalue weighted by Crippen LogP contribution is -2.65. The molecule has 1 aromatic heterocycles. The Morgan fingerprint density at radius 2 is 1.86 bits per heavy atom. The summed E-state index contributed by atoms with van der Waals surface area (Å²) in [5.74, 6) is 0.630. The molecule has 0 aromatic carbocycles. The molecule has 10 heteroatoms. The van der Waals surface area contributed by atoms with Gasteiger partial charge in [-0.2, -0.15) is 8.42 Å². The summed E-state index contributed by atoms with van der Waals surface area (Å²) in [6.07, 6.45) is 8.82. The van der Waals surface area contributed by atoms with Crippen molar-refractivity contribution in [3.63, 3.8) is 0 Å². The van der Waals surface area contributed by atoms with Crippen LogP contribution in [-0.4, -0.2) is 74.7 Å². The summed E-state index contributed by atoms with van der Waals surface area (Å²) in [5, 5.41) is 34.5. The maximum Gasteiger partial charge on any atom is 0.266 e. The van der Waals surface area contributed by atoms with E-state index >= 15 is 0 Å². The van der Waals surface area contributed by atoms with Crippen molar-refractivity contribution in [1.29, 1.82) is 0 Å². The maximum absolute atomic E-state index is 13.4. The van der Waals surface area contributed by atoms with Crippen molar-refractivity contribution >= 4 is 16.0 Å². The van der Waals surface area contributed by atoms with E-state index in [1.807, 2.05) is 6.07 Å². The highest BCUT2D eigenvalue weighted by atomic mass is 32.2. The predicted molar refractivity (Wildman–Crippen MR) is 168 cm³/mol. The smallest absolute Gasteiger partial charge is 0.266 e. The summed E-state index contributed by atoms with van der Waals surface area (Å²) in [6.45, 7) is 9.04. The van der Waals surface area contributed by atoms with Crippen LogP contribution in [0.2, 0.25) is 0 Å². The SMILES string of the molecule is CCC1C(O)C2C(CC(O)C3(C)C(C(C)CCC(=O)N(CCS(=O)(=O)O)Cc4cccnc4)CCC23)C2(C)CCC(O)CC12. The van der Waals surface area contributed by atoms with E-state index < -0.39 is 28.1 Å². The Hall–Kier alpha value is -1.59. The van der Waals surface area contributed by atoms with Gasteiger partial charge in [-0.15, -0.1) is 0 Å². The molecule has 12 unspecified atom stereocenters. The van der Waals surface area contributed by atoms with Crippen molar-refractivity contribution in [3.05, 3.63) is 30.1 Å². The molecule has 1 aromatic rings. The number of aromatic nitrogens is 1. The number of pyridine rings is 1. The Balaban J connectivity index is 1.31. The number of aliphatic hydroxyl groups excluding tert-OH is 3. The number of fused-ring (bicyclic) bond motifs is 5. The zero-order chi connectivity index (χ0) is 32.0. The average molecular weight is 635 g/mol. The fraction of sp³-hybridized carbons (Fsp3) is 0.824. The van der Waals surface area contributed by atoms with E-state index in [-0.39, 0.29) is 83.8 Å². The van der Waals surface area contributed by atoms with Gasteiger partial charge in [0.15, 0.2) is 0 Å². The number of nitrogens with zero attached hydrogens (tertiary/aromatic N) is 2. The molecular formula is C34H54N2O7S. The van der Waals surface area contributed by atoms with Gasteiger partial charge in [0.25, 0.3) is 10.1 Å². The highest BCUT2D eigenvalue weighted by Crippen LogP contribution is 2.69. The minimum Gasteiger partial charge on any atom is -0.393 e. The maximum atomic E-state index is 13.4. The fourth-order valence-electron chi connectivity index (χ4n) is 10.8. The monoisotopic (exact) mass is 634 g/mol. The van der Waals surface area contributed by atoms with Crippen LogP contribution in [0.3, 0.4) is 0 Å². The van der Waals surface area contributed by atoms with Crippen LogP contribution in [0.15, 0.2) is 24.5 Å². The van der Waals surface area contributed by atoms with Crippen LogP contribution in [-0.2, 0) is 21.5 Å². The topological polar surface area (TPSA) is 148 Å². The van der Waals surface area contributed by atoms with Crippen molar-refractivity contribution in [2.24, 2.45) is 52.3 Å². The molecule has 1 amide bonds. The van der Waals surface area contributed by atoms with Crippen molar-refractivity contribution in [1.82, 2.24) is 9.88 Å². The zero-order valence-electron chi connectivity index (χ0n) is 26.9. The molecule has 4 fully saturated rings. The molecule has 44 heavy (non-hydrogen) atoms. The van der Waals surface area contributed by atoms with Crippen molar-refractivity contribution < 1.29 is 33.1 Å². The fourth-order valence-corrected chi connectivity index (χ4v) is 11.3. The minimum atomic E-state index is -4.22. The third kappa shape index (κ3) is 6.23. The van der Waals surface area contributed by atoms with E-state index in [1.165, 1.54) is 4.90 Å². The lowest BCUT2D eigenvalue weighted by atomic mass is 9.41. The number of aliphatic hydroxyl groups is 3. The first-order valence-electron chi connectivity index (χ1n) is 16.9. The van der Waals surface area contributed by atoms with Crippen molar-refractivity contribution in [2.75, 3.05) is 12.3 Å². The van der Waals surface area contributed by atoms with Crippen LogP contribution in [0, 0.1) is 52.3 Å². The van der Waals surface area contributed by atoms with Gasteiger partial charge in [-0.3, -0.25) is 14.3 Å². The summed E-state index contributed by atoms with van der Waals surface area (Å²) >= 11 is 0. The van der Waals surface area contributed by atoms with Crippen LogP contribution in [0.25, 0.3) is 0 Å². The Labute approximate surface area is 263 Å².